The van der Waals surface area contributed by atoms with Crippen LogP contribution in [0, 0.1) is 0 Å². The molecule has 6 aromatic carbocycles. The van der Waals surface area contributed by atoms with Gasteiger partial charge in [0.05, 0.1) is 5.56 Å². The first-order valence-corrected chi connectivity index (χ1v) is 17.9. The highest BCUT2D eigenvalue weighted by Gasteiger charge is 2.19. The van der Waals surface area contributed by atoms with Crippen molar-refractivity contribution >= 4 is 34.6 Å². The number of carbonyl (C=O) groups is 3. The summed E-state index contributed by atoms with van der Waals surface area (Å²) < 4.78 is 5.56. The minimum Gasteiger partial charge on any atom is -0.457 e. The third-order valence-corrected chi connectivity index (χ3v) is 9.38. The van der Waals surface area contributed by atoms with E-state index in [1.165, 1.54) is 11.1 Å². The number of ketones is 2. The average Bonchev–Trinajstić information content (AvgIpc) is 3.17. The monoisotopic (exact) mass is 699 g/mol. The molecule has 0 N–H and O–H groups in total. The van der Waals surface area contributed by atoms with Gasteiger partial charge in [0, 0.05) is 39.3 Å². The van der Waals surface area contributed by atoms with Crippen molar-refractivity contribution in [2.75, 3.05) is 4.90 Å². The van der Waals surface area contributed by atoms with Gasteiger partial charge in [0.2, 0.25) is 0 Å². The second-order valence-corrected chi connectivity index (χ2v) is 15.4. The fraction of sp³-hybridized carbons (Fsp3) is 0.188. The molecule has 6 aromatic rings. The fourth-order valence-electron chi connectivity index (χ4n) is 6.10. The molecule has 6 rings (SSSR count). The van der Waals surface area contributed by atoms with Gasteiger partial charge in [0.1, 0.15) is 6.61 Å². The molecule has 0 saturated heterocycles. The van der Waals surface area contributed by atoms with Crippen molar-refractivity contribution in [1.29, 1.82) is 0 Å². The second kappa shape index (κ2) is 15.3. The van der Waals surface area contributed by atoms with Crippen molar-refractivity contribution < 1.29 is 19.1 Å². The van der Waals surface area contributed by atoms with Gasteiger partial charge < -0.3 is 9.64 Å². The lowest BCUT2D eigenvalue weighted by molar-refractivity contribution is 0.0472. The molecule has 5 heteroatoms. The SMILES string of the molecule is CC(C)(C)c1ccc(C(=O)c2ccc(N(c3ccc(C(=O)OCc4ccccc4)cc3)c3ccc(C(=O)c4ccc(C(C)(C)C)cc4)cc3)cc2)cc1. The third kappa shape index (κ3) is 8.70. The highest BCUT2D eigenvalue weighted by Crippen LogP contribution is 2.36. The molecule has 0 atom stereocenters. The molecule has 0 unspecified atom stereocenters. The molecule has 53 heavy (non-hydrogen) atoms. The molecule has 5 nitrogen and oxygen atoms in total. The van der Waals surface area contributed by atoms with Crippen LogP contribution in [0.3, 0.4) is 0 Å². The summed E-state index contributed by atoms with van der Waals surface area (Å²) in [7, 11) is 0. The first kappa shape index (κ1) is 36.7. The van der Waals surface area contributed by atoms with E-state index in [4.69, 9.17) is 4.74 Å². The fourth-order valence-corrected chi connectivity index (χ4v) is 6.10. The summed E-state index contributed by atoms with van der Waals surface area (Å²) in [5, 5.41) is 0. The van der Waals surface area contributed by atoms with E-state index in [0.29, 0.717) is 27.8 Å². The van der Waals surface area contributed by atoms with Crippen LogP contribution in [0.1, 0.15) is 100 Å². The van der Waals surface area contributed by atoms with E-state index in [-0.39, 0.29) is 29.0 Å². The first-order valence-electron chi connectivity index (χ1n) is 17.9. The maximum atomic E-state index is 13.5. The summed E-state index contributed by atoms with van der Waals surface area (Å²) in [6.45, 7) is 13.1. The molecular formula is C48H45NO4. The van der Waals surface area contributed by atoms with Gasteiger partial charge in [-0.25, -0.2) is 4.79 Å². The van der Waals surface area contributed by atoms with Gasteiger partial charge in [-0.05, 0) is 100 Å². The van der Waals surface area contributed by atoms with Crippen LogP contribution in [0.4, 0.5) is 17.1 Å². The molecule has 0 radical (unpaired) electrons. The van der Waals surface area contributed by atoms with Crippen molar-refractivity contribution in [3.05, 3.63) is 196 Å². The second-order valence-electron chi connectivity index (χ2n) is 15.4. The minimum absolute atomic E-state index is 0.00342. The molecule has 0 fully saturated rings. The third-order valence-electron chi connectivity index (χ3n) is 9.38. The van der Waals surface area contributed by atoms with Gasteiger partial charge >= 0.3 is 5.97 Å². The molecule has 0 amide bonds. The number of nitrogens with zero attached hydrogens (tertiary/aromatic N) is 1. The molecule has 0 aliphatic rings. The predicted molar refractivity (Wildman–Crippen MR) is 214 cm³/mol. The number of anilines is 3. The zero-order valence-corrected chi connectivity index (χ0v) is 31.2. The van der Waals surface area contributed by atoms with Crippen LogP contribution in [0.25, 0.3) is 0 Å². The Labute approximate surface area is 312 Å². The van der Waals surface area contributed by atoms with Crippen molar-refractivity contribution in [2.45, 2.75) is 59.0 Å². The van der Waals surface area contributed by atoms with E-state index in [1.807, 2.05) is 144 Å². The molecule has 0 saturated carbocycles. The average molecular weight is 700 g/mol. The molecule has 266 valence electrons. The van der Waals surface area contributed by atoms with Gasteiger partial charge in [-0.3, -0.25) is 9.59 Å². The maximum absolute atomic E-state index is 13.5. The van der Waals surface area contributed by atoms with Crippen LogP contribution >= 0.6 is 0 Å². The van der Waals surface area contributed by atoms with Gasteiger partial charge in [-0.1, -0.05) is 120 Å². The highest BCUT2D eigenvalue weighted by molar-refractivity contribution is 6.10. The number of ether oxygens (including phenoxy) is 1. The molecule has 0 aliphatic heterocycles. The van der Waals surface area contributed by atoms with Crippen LogP contribution in [-0.4, -0.2) is 17.5 Å². The Bertz CT molecular complexity index is 2070. The Hall–Kier alpha value is -6.07. The normalized spacial score (nSPS) is 11.5. The number of hydrogen-bond acceptors (Lipinski definition) is 5. The van der Waals surface area contributed by atoms with Crippen molar-refractivity contribution in [3.8, 4) is 0 Å². The zero-order valence-electron chi connectivity index (χ0n) is 31.2. The quantitative estimate of drug-likeness (QED) is 0.105. The zero-order chi connectivity index (χ0) is 37.8. The van der Waals surface area contributed by atoms with Crippen LogP contribution in [0.5, 0.6) is 0 Å². The number of hydrogen-bond donors (Lipinski definition) is 0. The Kier molecular flexibility index (Phi) is 10.6. The molecule has 0 aromatic heterocycles. The lowest BCUT2D eigenvalue weighted by atomic mass is 9.86. The lowest BCUT2D eigenvalue weighted by Crippen LogP contribution is -2.13. The molecular weight excluding hydrogens is 655 g/mol. The number of carbonyl (C=O) groups excluding carboxylic acids is 3. The van der Waals surface area contributed by atoms with E-state index in [1.54, 1.807) is 12.1 Å². The summed E-state index contributed by atoms with van der Waals surface area (Å²) in [5.74, 6) is -0.524. The van der Waals surface area contributed by atoms with E-state index in [0.717, 1.165) is 22.6 Å². The van der Waals surface area contributed by atoms with E-state index in [9.17, 15) is 14.4 Å². The van der Waals surface area contributed by atoms with Gasteiger partial charge in [0.15, 0.2) is 11.6 Å². The van der Waals surface area contributed by atoms with Crippen LogP contribution in [-0.2, 0) is 22.2 Å². The van der Waals surface area contributed by atoms with Crippen LogP contribution in [0.15, 0.2) is 152 Å². The Balaban J connectivity index is 1.28. The van der Waals surface area contributed by atoms with Crippen molar-refractivity contribution in [2.24, 2.45) is 0 Å². The summed E-state index contributed by atoms with van der Waals surface area (Å²) >= 11 is 0. The molecule has 0 aliphatic carbocycles. The smallest absolute Gasteiger partial charge is 0.338 e. The topological polar surface area (TPSA) is 63.7 Å². The Morgan fingerprint density at radius 2 is 0.755 bits per heavy atom. The maximum Gasteiger partial charge on any atom is 0.338 e. The highest BCUT2D eigenvalue weighted by atomic mass is 16.5. The molecule has 0 spiro atoms. The number of esters is 1. The van der Waals surface area contributed by atoms with Crippen LogP contribution < -0.4 is 4.90 Å². The van der Waals surface area contributed by atoms with Crippen LogP contribution in [0.2, 0.25) is 0 Å². The summed E-state index contributed by atoms with van der Waals surface area (Å²) in [6, 6.07) is 47.4. The number of benzene rings is 6. The molecule has 0 heterocycles. The van der Waals surface area contributed by atoms with E-state index in [2.05, 4.69) is 41.5 Å². The Morgan fingerprint density at radius 3 is 1.09 bits per heavy atom. The van der Waals surface area contributed by atoms with E-state index >= 15 is 0 Å². The first-order chi connectivity index (χ1) is 25.3. The minimum atomic E-state index is -0.413. The van der Waals surface area contributed by atoms with Gasteiger partial charge in [-0.15, -0.1) is 0 Å². The lowest BCUT2D eigenvalue weighted by Gasteiger charge is -2.26. The van der Waals surface area contributed by atoms with E-state index < -0.39 is 5.97 Å². The van der Waals surface area contributed by atoms with Gasteiger partial charge in [-0.2, -0.15) is 0 Å². The Morgan fingerprint density at radius 1 is 0.434 bits per heavy atom. The largest absolute Gasteiger partial charge is 0.457 e. The summed E-state index contributed by atoms with van der Waals surface area (Å²) in [4.78, 5) is 41.9. The molecule has 0 bridgehead atoms. The number of rotatable bonds is 10. The van der Waals surface area contributed by atoms with Crippen molar-refractivity contribution in [3.63, 3.8) is 0 Å². The van der Waals surface area contributed by atoms with Gasteiger partial charge in [0.25, 0.3) is 0 Å². The standard InChI is InChI=1S/C48H45NO4/c1-47(2,3)39-22-12-34(13-23-39)44(50)36-16-26-41(27-17-36)49(43-30-20-38(21-31-43)46(52)53-32-33-10-8-7-9-11-33)42-28-18-37(19-29-42)45(51)35-14-24-40(25-15-35)48(4,5)6/h7-31H,32H2,1-6H3. The summed E-state index contributed by atoms with van der Waals surface area (Å²) in [5.41, 5.74) is 8.49. The summed E-state index contributed by atoms with van der Waals surface area (Å²) in [6.07, 6.45) is 0. The van der Waals surface area contributed by atoms with Crippen molar-refractivity contribution in [1.82, 2.24) is 0 Å². The predicted octanol–water partition coefficient (Wildman–Crippen LogP) is 11.6.